The number of hydrogen-bond donors (Lipinski definition) is 2. The zero-order valence-electron chi connectivity index (χ0n) is 14.6. The molecule has 1 aromatic heterocycles. The summed E-state index contributed by atoms with van der Waals surface area (Å²) in [5.41, 5.74) is 4.96. The van der Waals surface area contributed by atoms with Gasteiger partial charge in [-0.15, -0.1) is 0 Å². The van der Waals surface area contributed by atoms with Crippen LogP contribution in [0.5, 0.6) is 5.75 Å². The molecule has 4 aromatic rings. The van der Waals surface area contributed by atoms with Crippen LogP contribution in [0.1, 0.15) is 33.1 Å². The lowest BCUT2D eigenvalue weighted by Gasteiger charge is -2.12. The maximum absolute atomic E-state index is 12.3. The average Bonchev–Trinajstić information content (AvgIpc) is 3.28. The van der Waals surface area contributed by atoms with Crippen LogP contribution in [0.2, 0.25) is 0 Å². The van der Waals surface area contributed by atoms with Crippen LogP contribution in [0.4, 0.5) is 0 Å². The van der Waals surface area contributed by atoms with Gasteiger partial charge in [-0.2, -0.15) is 0 Å². The minimum absolute atomic E-state index is 0.0265. The molecule has 0 bridgehead atoms. The molecule has 0 aliphatic carbocycles. The van der Waals surface area contributed by atoms with Crippen molar-refractivity contribution in [2.45, 2.75) is 12.6 Å². The van der Waals surface area contributed by atoms with Crippen molar-refractivity contribution in [2.75, 3.05) is 0 Å². The highest BCUT2D eigenvalue weighted by Crippen LogP contribution is 2.35. The topological polar surface area (TPSA) is 54.1 Å². The van der Waals surface area contributed by atoms with E-state index in [9.17, 15) is 4.79 Å². The molecule has 0 radical (unpaired) electrons. The first-order valence-corrected chi connectivity index (χ1v) is 8.97. The number of rotatable bonds is 4. The quantitative estimate of drug-likeness (QED) is 0.564. The number of carbonyl (C=O) groups excluding carboxylic acids is 1. The maximum Gasteiger partial charge on any atom is 0.252 e. The zero-order valence-corrected chi connectivity index (χ0v) is 14.6. The van der Waals surface area contributed by atoms with E-state index in [0.29, 0.717) is 6.61 Å². The van der Waals surface area contributed by atoms with Crippen LogP contribution >= 0.6 is 0 Å². The Morgan fingerprint density at radius 3 is 2.59 bits per heavy atom. The van der Waals surface area contributed by atoms with Gasteiger partial charge in [0.1, 0.15) is 12.4 Å². The molecule has 0 spiro atoms. The summed E-state index contributed by atoms with van der Waals surface area (Å²) in [5.74, 6) is 0.784. The fourth-order valence-electron chi connectivity index (χ4n) is 3.68. The Morgan fingerprint density at radius 1 is 0.889 bits per heavy atom. The Bertz CT molecular complexity index is 1130. The largest absolute Gasteiger partial charge is 0.489 e. The van der Waals surface area contributed by atoms with E-state index >= 15 is 0 Å². The number of nitrogens with one attached hydrogen (secondary N) is 2. The summed E-state index contributed by atoms with van der Waals surface area (Å²) >= 11 is 0. The summed E-state index contributed by atoms with van der Waals surface area (Å²) < 4.78 is 5.98. The number of hydrogen-bond acceptors (Lipinski definition) is 2. The standard InChI is InChI=1S/C23H18N2O2/c26-23-18-9-5-4-8-17(18)22(25-23)20-13-24-21-11-10-16(12-19(20)21)27-14-15-6-2-1-3-7-15/h1-13,22,24H,14H2,(H,25,26)/t22-/m1/s1. The Kier molecular flexibility index (Phi) is 3.68. The highest BCUT2D eigenvalue weighted by atomic mass is 16.5. The Morgan fingerprint density at radius 2 is 1.70 bits per heavy atom. The van der Waals surface area contributed by atoms with E-state index in [4.69, 9.17) is 4.74 Å². The van der Waals surface area contributed by atoms with E-state index < -0.39 is 0 Å². The number of aromatic nitrogens is 1. The van der Waals surface area contributed by atoms with Gasteiger partial charge in [0.2, 0.25) is 0 Å². The summed E-state index contributed by atoms with van der Waals surface area (Å²) in [6.45, 7) is 0.523. The molecule has 4 heteroatoms. The maximum atomic E-state index is 12.3. The first-order chi connectivity index (χ1) is 13.3. The van der Waals surface area contributed by atoms with E-state index in [-0.39, 0.29) is 11.9 Å². The van der Waals surface area contributed by atoms with Crippen LogP contribution in [-0.2, 0) is 6.61 Å². The predicted octanol–water partition coefficient (Wildman–Crippen LogP) is 4.58. The van der Waals surface area contributed by atoms with Gasteiger partial charge in [-0.3, -0.25) is 4.79 Å². The zero-order chi connectivity index (χ0) is 18.2. The first kappa shape index (κ1) is 15.7. The van der Waals surface area contributed by atoms with Crippen molar-refractivity contribution in [3.63, 3.8) is 0 Å². The molecule has 1 aliphatic heterocycles. The normalized spacial score (nSPS) is 15.6. The molecule has 0 fully saturated rings. The molecule has 3 aromatic carbocycles. The van der Waals surface area contributed by atoms with Crippen LogP contribution in [0, 0.1) is 0 Å². The number of fused-ring (bicyclic) bond motifs is 2. The summed E-state index contributed by atoms with van der Waals surface area (Å²) in [6, 6.07) is 23.7. The number of ether oxygens (including phenoxy) is 1. The van der Waals surface area contributed by atoms with Gasteiger partial charge in [-0.1, -0.05) is 48.5 Å². The van der Waals surface area contributed by atoms with Crippen LogP contribution in [0.3, 0.4) is 0 Å². The number of benzene rings is 3. The number of amides is 1. The second kappa shape index (κ2) is 6.32. The molecule has 27 heavy (non-hydrogen) atoms. The van der Waals surface area contributed by atoms with Crippen molar-refractivity contribution in [2.24, 2.45) is 0 Å². The van der Waals surface area contributed by atoms with Crippen molar-refractivity contribution in [3.8, 4) is 5.75 Å². The SMILES string of the molecule is O=C1N[C@@H](c2c[nH]c3ccc(OCc4ccccc4)cc23)c2ccccc21. The molecular formula is C23H18N2O2. The van der Waals surface area contributed by atoms with Crippen molar-refractivity contribution >= 4 is 16.8 Å². The summed E-state index contributed by atoms with van der Waals surface area (Å²) in [5, 5.41) is 4.15. The van der Waals surface area contributed by atoms with Crippen molar-refractivity contribution < 1.29 is 9.53 Å². The Labute approximate surface area is 156 Å². The average molecular weight is 354 g/mol. The third-order valence-corrected chi connectivity index (χ3v) is 5.04. The number of aromatic amines is 1. The third-order valence-electron chi connectivity index (χ3n) is 5.04. The summed E-state index contributed by atoms with van der Waals surface area (Å²) in [4.78, 5) is 15.6. The molecule has 2 heterocycles. The second-order valence-corrected chi connectivity index (χ2v) is 6.72. The highest BCUT2D eigenvalue weighted by Gasteiger charge is 2.30. The molecule has 1 atom stereocenters. The second-order valence-electron chi connectivity index (χ2n) is 6.72. The molecule has 4 nitrogen and oxygen atoms in total. The van der Waals surface area contributed by atoms with Gasteiger partial charge >= 0.3 is 0 Å². The lowest BCUT2D eigenvalue weighted by Crippen LogP contribution is -2.19. The van der Waals surface area contributed by atoms with Gasteiger partial charge in [-0.05, 0) is 35.4 Å². The smallest absolute Gasteiger partial charge is 0.252 e. The number of H-pyrrole nitrogens is 1. The van der Waals surface area contributed by atoms with Gasteiger partial charge in [0.05, 0.1) is 6.04 Å². The molecule has 0 saturated carbocycles. The van der Waals surface area contributed by atoms with E-state index in [1.807, 2.05) is 79.0 Å². The molecule has 132 valence electrons. The predicted molar refractivity (Wildman–Crippen MR) is 105 cm³/mol. The Balaban J connectivity index is 1.48. The van der Waals surface area contributed by atoms with Gasteiger partial charge < -0.3 is 15.0 Å². The molecule has 5 rings (SSSR count). The molecule has 2 N–H and O–H groups in total. The Hall–Kier alpha value is -3.53. The molecular weight excluding hydrogens is 336 g/mol. The molecule has 1 aliphatic rings. The molecule has 0 saturated heterocycles. The molecule has 1 amide bonds. The van der Waals surface area contributed by atoms with E-state index in [1.165, 1.54) is 0 Å². The van der Waals surface area contributed by atoms with Crippen LogP contribution in [0.15, 0.2) is 79.0 Å². The lowest BCUT2D eigenvalue weighted by molar-refractivity contribution is 0.0960. The van der Waals surface area contributed by atoms with Gasteiger partial charge in [0.15, 0.2) is 0 Å². The first-order valence-electron chi connectivity index (χ1n) is 8.97. The number of carbonyl (C=O) groups is 1. The minimum atomic E-state index is -0.146. The lowest BCUT2D eigenvalue weighted by atomic mass is 9.98. The van der Waals surface area contributed by atoms with Gasteiger partial charge in [0, 0.05) is 28.2 Å². The van der Waals surface area contributed by atoms with E-state index in [2.05, 4.69) is 10.3 Å². The third kappa shape index (κ3) is 2.75. The van der Waals surface area contributed by atoms with Gasteiger partial charge in [0.25, 0.3) is 5.91 Å². The van der Waals surface area contributed by atoms with Crippen molar-refractivity contribution in [1.29, 1.82) is 0 Å². The minimum Gasteiger partial charge on any atom is -0.489 e. The van der Waals surface area contributed by atoms with Crippen LogP contribution in [0.25, 0.3) is 10.9 Å². The fraction of sp³-hybridized carbons (Fsp3) is 0.0870. The van der Waals surface area contributed by atoms with Gasteiger partial charge in [-0.25, -0.2) is 0 Å². The van der Waals surface area contributed by atoms with Crippen molar-refractivity contribution in [3.05, 3.63) is 101 Å². The summed E-state index contributed by atoms with van der Waals surface area (Å²) in [6.07, 6.45) is 1.97. The van der Waals surface area contributed by atoms with E-state index in [0.717, 1.165) is 38.9 Å². The molecule has 0 unspecified atom stereocenters. The van der Waals surface area contributed by atoms with Crippen molar-refractivity contribution in [1.82, 2.24) is 10.3 Å². The summed E-state index contributed by atoms with van der Waals surface area (Å²) in [7, 11) is 0. The van der Waals surface area contributed by atoms with E-state index in [1.54, 1.807) is 0 Å². The van der Waals surface area contributed by atoms with Crippen LogP contribution in [-0.4, -0.2) is 10.9 Å². The monoisotopic (exact) mass is 354 g/mol. The fourth-order valence-corrected chi connectivity index (χ4v) is 3.68. The highest BCUT2D eigenvalue weighted by molar-refractivity contribution is 6.00. The van der Waals surface area contributed by atoms with Crippen LogP contribution < -0.4 is 10.1 Å².